The molecule has 4 aromatic rings. The maximum atomic E-state index is 4.95. The summed E-state index contributed by atoms with van der Waals surface area (Å²) in [5.74, 6) is 0. The van der Waals surface area contributed by atoms with E-state index in [1.807, 2.05) is 11.3 Å². The highest BCUT2D eigenvalue weighted by atomic mass is 32.1. The number of nitrogens with zero attached hydrogens (tertiary/aromatic N) is 3. The third-order valence-electron chi connectivity index (χ3n) is 5.79. The summed E-state index contributed by atoms with van der Waals surface area (Å²) in [5.41, 5.74) is 5.14. The molecular formula is C25H25N3S. The second-order valence-corrected chi connectivity index (χ2v) is 8.67. The van der Waals surface area contributed by atoms with Crippen LogP contribution in [0, 0.1) is 6.92 Å². The van der Waals surface area contributed by atoms with Gasteiger partial charge in [0.1, 0.15) is 0 Å². The predicted octanol–water partition coefficient (Wildman–Crippen LogP) is 5.52. The van der Waals surface area contributed by atoms with Gasteiger partial charge in [0.05, 0.1) is 16.3 Å². The van der Waals surface area contributed by atoms with E-state index in [9.17, 15) is 0 Å². The van der Waals surface area contributed by atoms with Gasteiger partial charge in [0.2, 0.25) is 0 Å². The van der Waals surface area contributed by atoms with E-state index in [1.54, 1.807) is 0 Å². The number of benzene rings is 3. The molecule has 1 aliphatic heterocycles. The fourth-order valence-electron chi connectivity index (χ4n) is 4.27. The summed E-state index contributed by atoms with van der Waals surface area (Å²) in [6.07, 6.45) is 0. The van der Waals surface area contributed by atoms with E-state index < -0.39 is 0 Å². The van der Waals surface area contributed by atoms with E-state index in [-0.39, 0.29) is 0 Å². The van der Waals surface area contributed by atoms with E-state index in [2.05, 4.69) is 95.6 Å². The molecule has 2 heterocycles. The lowest BCUT2D eigenvalue weighted by atomic mass is 9.96. The number of rotatable bonds is 4. The number of thiazole rings is 1. The molecular weight excluding hydrogens is 374 g/mol. The van der Waals surface area contributed by atoms with E-state index in [0.29, 0.717) is 6.04 Å². The van der Waals surface area contributed by atoms with Gasteiger partial charge in [0.25, 0.3) is 0 Å². The van der Waals surface area contributed by atoms with Crippen LogP contribution in [-0.2, 0) is 0 Å². The maximum Gasteiger partial charge on any atom is 0.186 e. The smallest absolute Gasteiger partial charge is 0.186 e. The Bertz CT molecular complexity index is 1040. The van der Waals surface area contributed by atoms with Crippen molar-refractivity contribution in [1.29, 1.82) is 0 Å². The van der Waals surface area contributed by atoms with E-state index in [0.717, 1.165) is 36.8 Å². The average Bonchev–Trinajstić information content (AvgIpc) is 3.22. The van der Waals surface area contributed by atoms with Crippen molar-refractivity contribution in [3.05, 3.63) is 95.6 Å². The first-order valence-electron chi connectivity index (χ1n) is 10.2. The number of hydrogen-bond donors (Lipinski definition) is 0. The quantitative estimate of drug-likeness (QED) is 0.451. The summed E-state index contributed by atoms with van der Waals surface area (Å²) >= 11 is 1.82. The Morgan fingerprint density at radius 2 is 1.38 bits per heavy atom. The zero-order chi connectivity index (χ0) is 19.6. The molecule has 3 aromatic carbocycles. The Morgan fingerprint density at radius 1 is 0.759 bits per heavy atom. The Hall–Kier alpha value is -2.69. The topological polar surface area (TPSA) is 19.4 Å². The van der Waals surface area contributed by atoms with Gasteiger partial charge in [-0.3, -0.25) is 4.90 Å². The largest absolute Gasteiger partial charge is 0.345 e. The predicted molar refractivity (Wildman–Crippen MR) is 123 cm³/mol. The molecule has 0 atom stereocenters. The maximum absolute atomic E-state index is 4.95. The van der Waals surface area contributed by atoms with E-state index in [4.69, 9.17) is 4.98 Å². The summed E-state index contributed by atoms with van der Waals surface area (Å²) in [6.45, 7) is 6.23. The van der Waals surface area contributed by atoms with Crippen molar-refractivity contribution in [1.82, 2.24) is 9.88 Å². The molecule has 0 unspecified atom stereocenters. The second-order valence-electron chi connectivity index (χ2n) is 7.67. The zero-order valence-electron chi connectivity index (χ0n) is 16.7. The van der Waals surface area contributed by atoms with Crippen molar-refractivity contribution >= 4 is 26.7 Å². The van der Waals surface area contributed by atoms with Crippen LogP contribution in [0.15, 0.2) is 78.9 Å². The van der Waals surface area contributed by atoms with Crippen LogP contribution < -0.4 is 4.90 Å². The lowest BCUT2D eigenvalue weighted by molar-refractivity contribution is 0.212. The number of aryl methyl sites for hydroxylation is 1. The summed E-state index contributed by atoms with van der Waals surface area (Å²) in [4.78, 5) is 10.0. The fourth-order valence-corrected chi connectivity index (χ4v) is 5.36. The highest BCUT2D eigenvalue weighted by molar-refractivity contribution is 7.22. The molecule has 29 heavy (non-hydrogen) atoms. The van der Waals surface area contributed by atoms with Crippen LogP contribution in [0.25, 0.3) is 10.2 Å². The van der Waals surface area contributed by atoms with Gasteiger partial charge in [-0.2, -0.15) is 0 Å². The molecule has 3 nitrogen and oxygen atoms in total. The van der Waals surface area contributed by atoms with Crippen molar-refractivity contribution in [3.8, 4) is 0 Å². The highest BCUT2D eigenvalue weighted by Crippen LogP contribution is 2.33. The van der Waals surface area contributed by atoms with Crippen LogP contribution in [0.1, 0.15) is 22.7 Å². The molecule has 0 saturated carbocycles. The molecule has 0 bridgehead atoms. The molecule has 1 aromatic heterocycles. The molecule has 1 aliphatic rings. The van der Waals surface area contributed by atoms with E-state index >= 15 is 0 Å². The summed E-state index contributed by atoms with van der Waals surface area (Å²) in [6, 6.07) is 28.5. The highest BCUT2D eigenvalue weighted by Gasteiger charge is 2.27. The Balaban J connectivity index is 1.38. The van der Waals surface area contributed by atoms with Crippen LogP contribution in [0.5, 0.6) is 0 Å². The fraction of sp³-hybridized carbons (Fsp3) is 0.240. The van der Waals surface area contributed by atoms with Gasteiger partial charge in [0, 0.05) is 26.2 Å². The van der Waals surface area contributed by atoms with Gasteiger partial charge in [-0.15, -0.1) is 0 Å². The van der Waals surface area contributed by atoms with E-state index in [1.165, 1.54) is 21.4 Å². The van der Waals surface area contributed by atoms with Crippen molar-refractivity contribution in [3.63, 3.8) is 0 Å². The standard InChI is InChI=1S/C25H25N3S/c1-19-9-8-14-22-23(19)26-25(29-22)28-17-15-27(16-18-28)24(20-10-4-2-5-11-20)21-12-6-3-7-13-21/h2-14,24H,15-18H2,1H3. The second kappa shape index (κ2) is 7.97. The summed E-state index contributed by atoms with van der Waals surface area (Å²) in [7, 11) is 0. The van der Waals surface area contributed by atoms with Gasteiger partial charge < -0.3 is 4.90 Å². The summed E-state index contributed by atoms with van der Waals surface area (Å²) in [5, 5.41) is 1.16. The molecule has 0 N–H and O–H groups in total. The molecule has 0 amide bonds. The van der Waals surface area contributed by atoms with Crippen LogP contribution in [0.2, 0.25) is 0 Å². The van der Waals surface area contributed by atoms with Gasteiger partial charge in [-0.25, -0.2) is 4.98 Å². The SMILES string of the molecule is Cc1cccc2sc(N3CCN(C(c4ccccc4)c4ccccc4)CC3)nc12. The molecule has 146 valence electrons. The Morgan fingerprint density at radius 3 is 1.97 bits per heavy atom. The molecule has 1 saturated heterocycles. The van der Waals surface area contributed by atoms with Gasteiger partial charge in [-0.05, 0) is 29.7 Å². The molecule has 5 rings (SSSR count). The molecule has 0 radical (unpaired) electrons. The first kappa shape index (κ1) is 18.3. The van der Waals surface area contributed by atoms with Crippen LogP contribution in [0.3, 0.4) is 0 Å². The first-order chi connectivity index (χ1) is 14.3. The van der Waals surface area contributed by atoms with Crippen molar-refractivity contribution < 1.29 is 0 Å². The van der Waals surface area contributed by atoms with Gasteiger partial charge in [0.15, 0.2) is 5.13 Å². The number of piperazine rings is 1. The number of aromatic nitrogens is 1. The average molecular weight is 400 g/mol. The number of para-hydroxylation sites is 1. The molecule has 4 heteroatoms. The first-order valence-corrected chi connectivity index (χ1v) is 11.1. The zero-order valence-corrected chi connectivity index (χ0v) is 17.5. The van der Waals surface area contributed by atoms with Crippen LogP contribution in [-0.4, -0.2) is 36.1 Å². The van der Waals surface area contributed by atoms with Crippen LogP contribution in [0.4, 0.5) is 5.13 Å². The Kier molecular flexibility index (Phi) is 5.04. The van der Waals surface area contributed by atoms with Crippen LogP contribution >= 0.6 is 11.3 Å². The molecule has 1 fully saturated rings. The van der Waals surface area contributed by atoms with Crippen molar-refractivity contribution in [2.24, 2.45) is 0 Å². The normalized spacial score (nSPS) is 15.3. The minimum Gasteiger partial charge on any atom is -0.345 e. The Labute approximate surface area is 176 Å². The number of fused-ring (bicyclic) bond motifs is 1. The lowest BCUT2D eigenvalue weighted by Crippen LogP contribution is -2.47. The third kappa shape index (κ3) is 3.66. The number of anilines is 1. The van der Waals surface area contributed by atoms with Gasteiger partial charge >= 0.3 is 0 Å². The van der Waals surface area contributed by atoms with Crippen molar-refractivity contribution in [2.45, 2.75) is 13.0 Å². The van der Waals surface area contributed by atoms with Crippen molar-refractivity contribution in [2.75, 3.05) is 31.1 Å². The monoisotopic (exact) mass is 399 g/mol. The summed E-state index contributed by atoms with van der Waals surface area (Å²) < 4.78 is 1.29. The molecule has 0 spiro atoms. The number of hydrogen-bond acceptors (Lipinski definition) is 4. The minimum absolute atomic E-state index is 0.303. The van der Waals surface area contributed by atoms with Gasteiger partial charge in [-0.1, -0.05) is 84.1 Å². The lowest BCUT2D eigenvalue weighted by Gasteiger charge is -2.39. The molecule has 0 aliphatic carbocycles. The third-order valence-corrected chi connectivity index (χ3v) is 6.87. The minimum atomic E-state index is 0.303.